The smallest absolute Gasteiger partial charge is 0.316 e. The van der Waals surface area contributed by atoms with Gasteiger partial charge in [0.05, 0.1) is 11.0 Å². The predicted molar refractivity (Wildman–Crippen MR) is 42.1 cm³/mol. The first-order chi connectivity index (χ1) is 3.71. The quantitative estimate of drug-likeness (QED) is 0.492. The summed E-state index contributed by atoms with van der Waals surface area (Å²) in [4.78, 5) is 31.7. The first-order valence-electron chi connectivity index (χ1n) is 1.53. The van der Waals surface area contributed by atoms with Gasteiger partial charge in [0.15, 0.2) is 0 Å². The Hall–Kier alpha value is 1.000. The lowest BCUT2D eigenvalue weighted by atomic mass is 15.8. The lowest BCUT2D eigenvalue weighted by Gasteiger charge is -2.01. The SMILES string of the molecule is O=P(O)(O)SP(=O)(O)O.S. The van der Waals surface area contributed by atoms with E-state index in [1.54, 1.807) is 0 Å². The molecule has 0 aliphatic heterocycles. The lowest BCUT2D eigenvalue weighted by Crippen LogP contribution is -1.71. The van der Waals surface area contributed by atoms with Crippen LogP contribution in [0.1, 0.15) is 0 Å². The topological polar surface area (TPSA) is 115 Å². The molecule has 0 fully saturated rings. The van der Waals surface area contributed by atoms with E-state index in [1.165, 1.54) is 0 Å². The van der Waals surface area contributed by atoms with Gasteiger partial charge in [0.25, 0.3) is 0 Å². The molecule has 0 unspecified atom stereocenters. The summed E-state index contributed by atoms with van der Waals surface area (Å²) in [6.45, 7) is -9.27. The van der Waals surface area contributed by atoms with E-state index in [9.17, 15) is 9.13 Å². The van der Waals surface area contributed by atoms with Gasteiger partial charge in [0.2, 0.25) is 0 Å². The van der Waals surface area contributed by atoms with Crippen molar-refractivity contribution < 1.29 is 28.7 Å². The van der Waals surface area contributed by atoms with Gasteiger partial charge < -0.3 is 19.6 Å². The first kappa shape index (κ1) is 13.6. The Kier molecular flexibility index (Phi) is 5.61. The number of hydrogen-bond acceptors (Lipinski definition) is 3. The molecule has 0 rings (SSSR count). The van der Waals surface area contributed by atoms with Gasteiger partial charge in [-0.3, -0.25) is 0 Å². The number of rotatable bonds is 2. The van der Waals surface area contributed by atoms with E-state index in [0.29, 0.717) is 0 Å². The fraction of sp³-hybridized carbons (Fsp3) is 0. The molecule has 64 valence electrons. The summed E-state index contributed by atoms with van der Waals surface area (Å²) in [6, 6.07) is 0. The highest BCUT2D eigenvalue weighted by Crippen LogP contribution is 2.69. The van der Waals surface area contributed by atoms with Crippen LogP contribution >= 0.6 is 38.1 Å². The summed E-state index contributed by atoms with van der Waals surface area (Å²) in [6.07, 6.45) is 0. The largest absolute Gasteiger partial charge is 0.395 e. The van der Waals surface area contributed by atoms with Crippen molar-refractivity contribution in [2.75, 3.05) is 0 Å². The molecule has 0 bridgehead atoms. The van der Waals surface area contributed by atoms with Crippen LogP contribution in [0.3, 0.4) is 0 Å². The van der Waals surface area contributed by atoms with Crippen LogP contribution < -0.4 is 0 Å². The Balaban J connectivity index is 0. The second-order valence-electron chi connectivity index (χ2n) is 1.06. The van der Waals surface area contributed by atoms with Crippen LogP contribution in [0.15, 0.2) is 0 Å². The van der Waals surface area contributed by atoms with Crippen LogP contribution in [0.5, 0.6) is 0 Å². The highest BCUT2D eigenvalue weighted by Gasteiger charge is 2.28. The molecule has 10 heteroatoms. The normalized spacial score (nSPS) is 12.4. The van der Waals surface area contributed by atoms with Crippen molar-refractivity contribution in [2.24, 2.45) is 0 Å². The van der Waals surface area contributed by atoms with Crippen molar-refractivity contribution >= 4 is 38.1 Å². The zero-order valence-corrected chi connectivity index (χ0v) is 8.01. The van der Waals surface area contributed by atoms with E-state index in [4.69, 9.17) is 19.6 Å². The standard InChI is InChI=1S/H4O6P2S.H2S/c1-7(2,3)9-8(4,5)6;/h(H2,1,2,3)(H2,4,5,6);1H2. The molecule has 0 amide bonds. The molecule has 0 aromatic rings. The van der Waals surface area contributed by atoms with Crippen LogP contribution in [-0.2, 0) is 9.13 Å². The molecule has 0 heterocycles. The maximum Gasteiger partial charge on any atom is 0.395 e. The first-order valence-corrected chi connectivity index (χ1v) is 6.78. The van der Waals surface area contributed by atoms with E-state index in [1.807, 2.05) is 0 Å². The van der Waals surface area contributed by atoms with E-state index < -0.39 is 24.6 Å². The van der Waals surface area contributed by atoms with Crippen LogP contribution in [-0.4, -0.2) is 19.6 Å². The summed E-state index contributed by atoms with van der Waals surface area (Å²) in [5, 5.41) is 0. The third-order valence-electron chi connectivity index (χ3n) is 0.213. The van der Waals surface area contributed by atoms with Gasteiger partial charge in [-0.15, -0.1) is 0 Å². The van der Waals surface area contributed by atoms with Crippen molar-refractivity contribution in [3.05, 3.63) is 0 Å². The maximum absolute atomic E-state index is 9.81. The third kappa shape index (κ3) is 11.8. The van der Waals surface area contributed by atoms with Gasteiger partial charge in [-0.25, -0.2) is 9.13 Å². The molecule has 0 aromatic heterocycles. The summed E-state index contributed by atoms with van der Waals surface area (Å²) in [5.41, 5.74) is 0. The van der Waals surface area contributed by atoms with Gasteiger partial charge in [-0.05, 0) is 0 Å². The molecule has 0 aliphatic rings. The van der Waals surface area contributed by atoms with Gasteiger partial charge in [0.1, 0.15) is 0 Å². The number of hydrogen-bond donors (Lipinski definition) is 4. The summed E-state index contributed by atoms with van der Waals surface area (Å²) in [7, 11) is 0. The average molecular weight is 228 g/mol. The van der Waals surface area contributed by atoms with Crippen molar-refractivity contribution in [2.45, 2.75) is 0 Å². The van der Waals surface area contributed by atoms with E-state index in [0.717, 1.165) is 0 Å². The zero-order chi connectivity index (χ0) is 7.71. The molecule has 6 nitrogen and oxygen atoms in total. The molecule has 0 aliphatic carbocycles. The lowest BCUT2D eigenvalue weighted by molar-refractivity contribution is 0.392. The molecule has 0 spiro atoms. The van der Waals surface area contributed by atoms with Crippen molar-refractivity contribution in [1.82, 2.24) is 0 Å². The fourth-order valence-electron chi connectivity index (χ4n) is 0.139. The molecule has 0 radical (unpaired) electrons. The van der Waals surface area contributed by atoms with Crippen molar-refractivity contribution in [3.8, 4) is 0 Å². The third-order valence-corrected chi connectivity index (χ3v) is 5.74. The molecular weight excluding hydrogens is 222 g/mol. The molecule has 4 N–H and O–H groups in total. The predicted octanol–water partition coefficient (Wildman–Crippen LogP) is 0.0178. The van der Waals surface area contributed by atoms with E-state index in [-0.39, 0.29) is 13.5 Å². The van der Waals surface area contributed by atoms with Crippen LogP contribution in [0, 0.1) is 0 Å². The molecule has 0 saturated heterocycles. The van der Waals surface area contributed by atoms with Crippen molar-refractivity contribution in [1.29, 1.82) is 0 Å². The van der Waals surface area contributed by atoms with Gasteiger partial charge in [-0.1, -0.05) is 0 Å². The molecule has 0 saturated carbocycles. The van der Waals surface area contributed by atoms with E-state index in [2.05, 4.69) is 0 Å². The second-order valence-corrected chi connectivity index (χ2v) is 8.00. The Labute approximate surface area is 67.3 Å². The minimum absolute atomic E-state index is 0. The fourth-order valence-corrected chi connectivity index (χ4v) is 3.74. The molecule has 0 aromatic carbocycles. The second kappa shape index (κ2) is 4.13. The molecular formula is H6O6P2S2. The highest BCUT2D eigenvalue weighted by atomic mass is 33.1. The highest BCUT2D eigenvalue weighted by molar-refractivity contribution is 8.84. The Bertz CT molecular complexity index is 154. The molecule has 10 heavy (non-hydrogen) atoms. The Morgan fingerprint density at radius 3 is 1.10 bits per heavy atom. The Morgan fingerprint density at radius 1 is 0.900 bits per heavy atom. The summed E-state index contributed by atoms with van der Waals surface area (Å²) < 4.78 is 19.6. The zero-order valence-electron chi connectivity index (χ0n) is 4.41. The van der Waals surface area contributed by atoms with Gasteiger partial charge in [-0.2, -0.15) is 13.5 Å². The minimum atomic E-state index is -4.63. The van der Waals surface area contributed by atoms with Crippen LogP contribution in [0.25, 0.3) is 0 Å². The molecule has 0 atom stereocenters. The Morgan fingerprint density at radius 2 is 1.10 bits per heavy atom. The van der Waals surface area contributed by atoms with Crippen LogP contribution in [0.4, 0.5) is 0 Å². The minimum Gasteiger partial charge on any atom is -0.316 e. The van der Waals surface area contributed by atoms with Gasteiger partial charge >= 0.3 is 13.6 Å². The van der Waals surface area contributed by atoms with Crippen LogP contribution in [0.2, 0.25) is 0 Å². The summed E-state index contributed by atoms with van der Waals surface area (Å²) >= 11 is -0.653. The summed E-state index contributed by atoms with van der Waals surface area (Å²) in [5.74, 6) is 0. The van der Waals surface area contributed by atoms with E-state index >= 15 is 0 Å². The van der Waals surface area contributed by atoms with Crippen molar-refractivity contribution in [3.63, 3.8) is 0 Å². The van der Waals surface area contributed by atoms with Gasteiger partial charge in [0, 0.05) is 0 Å². The average Bonchev–Trinajstić information content (AvgIpc) is 1.14. The monoisotopic (exact) mass is 228 g/mol. The maximum atomic E-state index is 9.81.